The van der Waals surface area contributed by atoms with E-state index in [2.05, 4.69) is 25.8 Å². The molecule has 0 saturated heterocycles. The molecule has 1 N–H and O–H groups in total. The van der Waals surface area contributed by atoms with Crippen molar-refractivity contribution < 1.29 is 31.5 Å². The highest BCUT2D eigenvalue weighted by molar-refractivity contribution is 7.90. The van der Waals surface area contributed by atoms with Crippen LogP contribution in [0.15, 0.2) is 73.1 Å². The lowest BCUT2D eigenvalue weighted by Gasteiger charge is -2.19. The second-order valence-corrected chi connectivity index (χ2v) is 12.2. The Morgan fingerprint density at radius 2 is 1.74 bits per heavy atom. The third-order valence-electron chi connectivity index (χ3n) is 6.23. The van der Waals surface area contributed by atoms with Crippen LogP contribution in [0, 0.1) is 0 Å². The Kier molecular flexibility index (Phi) is 7.44. The van der Waals surface area contributed by atoms with Crippen molar-refractivity contribution >= 4 is 33.0 Å². The molecule has 0 fully saturated rings. The average molecular weight is 557 g/mol. The van der Waals surface area contributed by atoms with Crippen molar-refractivity contribution in [3.63, 3.8) is 0 Å². The van der Waals surface area contributed by atoms with Gasteiger partial charge in [0.15, 0.2) is 0 Å². The summed E-state index contributed by atoms with van der Waals surface area (Å²) in [6.07, 6.45) is 1.10. The Balaban J connectivity index is 1.75. The van der Waals surface area contributed by atoms with E-state index in [9.17, 15) is 31.5 Å². The van der Waals surface area contributed by atoms with Crippen molar-refractivity contribution in [1.29, 1.82) is 0 Å². The quantitative estimate of drug-likeness (QED) is 0.280. The van der Waals surface area contributed by atoms with Crippen LogP contribution in [0.5, 0.6) is 0 Å². The molecule has 0 aliphatic rings. The average Bonchev–Trinajstić information content (AvgIpc) is 3.21. The van der Waals surface area contributed by atoms with Gasteiger partial charge in [-0.05, 0) is 52.4 Å². The molecule has 0 radical (unpaired) electrons. The van der Waals surface area contributed by atoms with Crippen molar-refractivity contribution in [1.82, 2.24) is 8.96 Å². The third-order valence-corrected chi connectivity index (χ3v) is 7.83. The van der Waals surface area contributed by atoms with Gasteiger partial charge in [0, 0.05) is 29.9 Å². The predicted octanol–water partition coefficient (Wildman–Crippen LogP) is 6.53. The van der Waals surface area contributed by atoms with Crippen LogP contribution in [-0.4, -0.2) is 34.2 Å². The van der Waals surface area contributed by atoms with E-state index in [0.717, 1.165) is 39.5 Å². The van der Waals surface area contributed by atoms with Crippen LogP contribution in [0.1, 0.15) is 59.1 Å². The molecular formula is C29H27F3N2O4S. The zero-order chi connectivity index (χ0) is 28.6. The predicted molar refractivity (Wildman–Crippen MR) is 144 cm³/mol. The third kappa shape index (κ3) is 6.39. The van der Waals surface area contributed by atoms with Gasteiger partial charge >= 0.3 is 12.1 Å². The molecule has 0 saturated carbocycles. The Hall–Kier alpha value is -3.92. The van der Waals surface area contributed by atoms with Gasteiger partial charge in [-0.2, -0.15) is 13.2 Å². The van der Waals surface area contributed by atoms with Crippen molar-refractivity contribution in [2.75, 3.05) is 5.75 Å². The SMILES string of the molecule is CC(C)(C)c1cccc(C=CCS(=O)(=O)n2c(Cc3cncc(C(=O)O)c3)cc3cc(C(F)(F)F)ccc32)c1. The molecule has 2 aromatic heterocycles. The molecule has 0 atom stereocenters. The molecule has 2 heterocycles. The van der Waals surface area contributed by atoms with E-state index < -0.39 is 33.5 Å². The molecule has 10 heteroatoms. The number of halogens is 3. The zero-order valence-electron chi connectivity index (χ0n) is 21.5. The number of carboxylic acids is 1. The first-order valence-corrected chi connectivity index (χ1v) is 13.7. The van der Waals surface area contributed by atoms with E-state index in [1.807, 2.05) is 24.3 Å². The van der Waals surface area contributed by atoms with E-state index in [1.165, 1.54) is 24.4 Å². The fraction of sp³-hybridized carbons (Fsp3) is 0.241. The molecule has 0 amide bonds. The highest BCUT2D eigenvalue weighted by Crippen LogP contribution is 2.33. The van der Waals surface area contributed by atoms with Crippen LogP contribution in [-0.2, 0) is 28.0 Å². The Morgan fingerprint density at radius 1 is 1.00 bits per heavy atom. The van der Waals surface area contributed by atoms with Gasteiger partial charge in [0.1, 0.15) is 0 Å². The summed E-state index contributed by atoms with van der Waals surface area (Å²) in [5, 5.41) is 9.38. The van der Waals surface area contributed by atoms with Gasteiger partial charge in [0.05, 0.1) is 22.4 Å². The summed E-state index contributed by atoms with van der Waals surface area (Å²) in [5.74, 6) is -1.61. The minimum atomic E-state index is -4.60. The van der Waals surface area contributed by atoms with E-state index >= 15 is 0 Å². The van der Waals surface area contributed by atoms with Crippen molar-refractivity contribution in [2.45, 2.75) is 38.8 Å². The highest BCUT2D eigenvalue weighted by Gasteiger charge is 2.31. The number of aromatic carboxylic acids is 1. The highest BCUT2D eigenvalue weighted by atomic mass is 32.2. The lowest BCUT2D eigenvalue weighted by molar-refractivity contribution is -0.137. The van der Waals surface area contributed by atoms with E-state index in [1.54, 1.807) is 6.08 Å². The molecule has 0 spiro atoms. The number of benzene rings is 2. The summed E-state index contributed by atoms with van der Waals surface area (Å²) in [6.45, 7) is 6.22. The van der Waals surface area contributed by atoms with Crippen LogP contribution < -0.4 is 0 Å². The molecular weight excluding hydrogens is 529 g/mol. The van der Waals surface area contributed by atoms with Crippen molar-refractivity contribution in [3.05, 3.63) is 107 Å². The molecule has 0 aliphatic carbocycles. The number of hydrogen-bond donors (Lipinski definition) is 1. The minimum Gasteiger partial charge on any atom is -0.478 e. The molecule has 0 aliphatic heterocycles. The first kappa shape index (κ1) is 28.1. The number of fused-ring (bicyclic) bond motifs is 1. The topological polar surface area (TPSA) is 89.3 Å². The van der Waals surface area contributed by atoms with E-state index in [-0.39, 0.29) is 34.0 Å². The molecule has 0 bridgehead atoms. The Bertz CT molecular complexity index is 1680. The number of nitrogens with zero attached hydrogens (tertiary/aromatic N) is 2. The standard InChI is InChI=1S/C29H27F3N2O4S/c1-28(2,3)23-8-4-6-19(13-23)7-5-11-39(37,38)34-25(14-20-12-22(27(35)36)18-33-17-20)16-21-15-24(29(30,31)32)9-10-26(21)34/h4-10,12-13,15-18H,11,14H2,1-3H3,(H,35,36). The number of rotatable bonds is 7. The van der Waals surface area contributed by atoms with Crippen LogP contribution in [0.4, 0.5) is 13.2 Å². The molecule has 6 nitrogen and oxygen atoms in total. The van der Waals surface area contributed by atoms with Gasteiger partial charge in [-0.3, -0.25) is 4.98 Å². The maximum Gasteiger partial charge on any atom is 0.416 e. The van der Waals surface area contributed by atoms with Gasteiger partial charge in [-0.1, -0.05) is 57.2 Å². The number of alkyl halides is 3. The van der Waals surface area contributed by atoms with E-state index in [4.69, 9.17) is 0 Å². The monoisotopic (exact) mass is 556 g/mol. The summed E-state index contributed by atoms with van der Waals surface area (Å²) in [6, 6.07) is 13.3. The van der Waals surface area contributed by atoms with Gasteiger partial charge in [-0.25, -0.2) is 17.2 Å². The normalized spacial score (nSPS) is 12.9. The minimum absolute atomic E-state index is 0.0548. The van der Waals surface area contributed by atoms with Crippen LogP contribution in [0.3, 0.4) is 0 Å². The van der Waals surface area contributed by atoms with Crippen molar-refractivity contribution in [3.8, 4) is 0 Å². The van der Waals surface area contributed by atoms with Crippen molar-refractivity contribution in [2.24, 2.45) is 0 Å². The number of carbonyl (C=O) groups is 1. The second-order valence-electron chi connectivity index (χ2n) is 10.3. The Morgan fingerprint density at radius 3 is 2.41 bits per heavy atom. The summed E-state index contributed by atoms with van der Waals surface area (Å²) in [4.78, 5) is 15.3. The van der Waals surface area contributed by atoms with Gasteiger partial charge in [0.25, 0.3) is 0 Å². The largest absolute Gasteiger partial charge is 0.478 e. The van der Waals surface area contributed by atoms with Crippen LogP contribution >= 0.6 is 0 Å². The summed E-state index contributed by atoms with van der Waals surface area (Å²) >= 11 is 0. The van der Waals surface area contributed by atoms with Gasteiger partial charge in [0.2, 0.25) is 10.0 Å². The lowest BCUT2D eigenvalue weighted by atomic mass is 9.86. The number of hydrogen-bond acceptors (Lipinski definition) is 4. The first-order valence-electron chi connectivity index (χ1n) is 12.0. The molecule has 204 valence electrons. The molecule has 4 rings (SSSR count). The van der Waals surface area contributed by atoms with Crippen LogP contribution in [0.25, 0.3) is 17.0 Å². The number of aromatic nitrogens is 2. The fourth-order valence-corrected chi connectivity index (χ4v) is 5.70. The van der Waals surface area contributed by atoms with Crippen LogP contribution in [0.2, 0.25) is 0 Å². The second kappa shape index (κ2) is 10.3. The maximum absolute atomic E-state index is 13.6. The number of pyridine rings is 1. The van der Waals surface area contributed by atoms with E-state index in [0.29, 0.717) is 5.56 Å². The Labute approximate surface area is 224 Å². The lowest BCUT2D eigenvalue weighted by Crippen LogP contribution is -2.18. The zero-order valence-corrected chi connectivity index (χ0v) is 22.3. The molecule has 39 heavy (non-hydrogen) atoms. The molecule has 2 aromatic carbocycles. The summed E-state index contributed by atoms with van der Waals surface area (Å²) < 4.78 is 68.2. The summed E-state index contributed by atoms with van der Waals surface area (Å²) in [5.41, 5.74) is 1.53. The maximum atomic E-state index is 13.6. The smallest absolute Gasteiger partial charge is 0.416 e. The van der Waals surface area contributed by atoms with Gasteiger partial charge < -0.3 is 5.11 Å². The number of carboxylic acid groups (broad SMARTS) is 1. The molecule has 0 unspecified atom stereocenters. The fourth-order valence-electron chi connectivity index (χ4n) is 4.28. The first-order chi connectivity index (χ1) is 18.1. The summed E-state index contributed by atoms with van der Waals surface area (Å²) in [7, 11) is -4.07. The molecule has 4 aromatic rings. The van der Waals surface area contributed by atoms with Gasteiger partial charge in [-0.15, -0.1) is 0 Å².